The lowest BCUT2D eigenvalue weighted by Crippen LogP contribution is -2.74. The van der Waals surface area contributed by atoms with Crippen LogP contribution in [-0.4, -0.2) is 114 Å². The Balaban J connectivity index is 1.03. The van der Waals surface area contributed by atoms with Crippen molar-refractivity contribution in [2.24, 2.45) is 10.8 Å². The third-order valence-corrected chi connectivity index (χ3v) is 10.1. The van der Waals surface area contributed by atoms with E-state index in [0.717, 1.165) is 39.1 Å². The van der Waals surface area contributed by atoms with Crippen molar-refractivity contribution >= 4 is 29.4 Å². The number of rotatable bonds is 11. The number of hydrogen-bond acceptors (Lipinski definition) is 10. The van der Waals surface area contributed by atoms with Gasteiger partial charge in [-0.15, -0.1) is 0 Å². The molecule has 0 spiro atoms. The number of aliphatic hydroxyl groups is 1. The van der Waals surface area contributed by atoms with E-state index in [-0.39, 0.29) is 47.5 Å². The molecule has 12 nitrogen and oxygen atoms in total. The first-order valence-corrected chi connectivity index (χ1v) is 16.8. The highest BCUT2D eigenvalue weighted by Gasteiger charge is 2.64. The molecular weight excluding hydrogens is 622 g/mol. The monoisotopic (exact) mass is 667 g/mol. The lowest BCUT2D eigenvalue weighted by molar-refractivity contribution is -0.164. The van der Waals surface area contributed by atoms with Gasteiger partial charge >= 0.3 is 0 Å². The van der Waals surface area contributed by atoms with Crippen LogP contribution in [0.5, 0.6) is 5.75 Å². The second-order valence-electron chi connectivity index (χ2n) is 13.9. The van der Waals surface area contributed by atoms with E-state index in [1.54, 1.807) is 35.5 Å². The topological polar surface area (TPSA) is 144 Å². The summed E-state index contributed by atoms with van der Waals surface area (Å²) in [6.07, 6.45) is 4.79. The largest absolute Gasteiger partial charge is 0.489 e. The number of amides is 2. The number of ether oxygens (including phenoxy) is 2. The summed E-state index contributed by atoms with van der Waals surface area (Å²) in [6.45, 7) is 14.3. The number of nitrogens with one attached hydrogen (secondary N) is 1. The number of aromatic nitrogens is 2. The van der Waals surface area contributed by atoms with E-state index >= 15 is 0 Å². The number of piperazine rings is 1. The van der Waals surface area contributed by atoms with Crippen LogP contribution in [0.15, 0.2) is 30.6 Å². The maximum atomic E-state index is 13.3. The standard InChI is InChI=1S/C34H46ClN7O5/c1-33(2)30(34(3,4)31(33)47-26-7-6-23(19-36)27(35)18-26)39-29(45)24-20-37-32(38-21-24)42-15-13-40(14-16-42)10-5-17-46-22-28(44)41-11-8-25(43)9-12-41/h6-7,18,20-21,25,30-31,43H,5,8-17,22H2,1-4H3,(H,39,45). The van der Waals surface area contributed by atoms with E-state index in [4.69, 9.17) is 26.3 Å². The summed E-state index contributed by atoms with van der Waals surface area (Å²) < 4.78 is 12.0. The molecule has 47 heavy (non-hydrogen) atoms. The SMILES string of the molecule is CC1(C)C(NC(=O)c2cnc(N3CCN(CCCOCC(=O)N4CCC(O)CC4)CC3)nc2)C(C)(C)C1Oc1ccc(C#N)c(Cl)c1. The molecule has 2 aliphatic heterocycles. The molecule has 2 N–H and O–H groups in total. The fourth-order valence-corrected chi connectivity index (χ4v) is 7.55. The molecule has 254 valence electrons. The van der Waals surface area contributed by atoms with Gasteiger partial charge in [0.15, 0.2) is 0 Å². The number of halogens is 1. The number of aliphatic hydroxyl groups excluding tert-OH is 1. The number of likely N-dealkylation sites (tertiary alicyclic amines) is 1. The van der Waals surface area contributed by atoms with E-state index < -0.39 is 0 Å². The minimum atomic E-state index is -0.373. The van der Waals surface area contributed by atoms with E-state index in [0.29, 0.717) is 60.4 Å². The molecule has 3 fully saturated rings. The van der Waals surface area contributed by atoms with Gasteiger partial charge in [-0.25, -0.2) is 9.97 Å². The van der Waals surface area contributed by atoms with Crippen molar-refractivity contribution in [2.45, 2.75) is 65.2 Å². The van der Waals surface area contributed by atoms with Gasteiger partial charge in [0.05, 0.1) is 22.3 Å². The number of benzene rings is 1. The maximum Gasteiger partial charge on any atom is 0.254 e. The van der Waals surface area contributed by atoms with Crippen LogP contribution in [0, 0.1) is 22.2 Å². The first kappa shape index (κ1) is 34.8. The van der Waals surface area contributed by atoms with Gasteiger partial charge in [-0.3, -0.25) is 14.5 Å². The molecule has 1 saturated carbocycles. The highest BCUT2D eigenvalue weighted by Crippen LogP contribution is 2.55. The van der Waals surface area contributed by atoms with Crippen LogP contribution in [0.4, 0.5) is 5.95 Å². The summed E-state index contributed by atoms with van der Waals surface area (Å²) >= 11 is 6.21. The van der Waals surface area contributed by atoms with Crippen molar-refractivity contribution < 1.29 is 24.2 Å². The Morgan fingerprint density at radius 1 is 1.06 bits per heavy atom. The molecule has 1 aromatic carbocycles. The molecule has 2 saturated heterocycles. The third-order valence-electron chi connectivity index (χ3n) is 9.79. The Bertz CT molecular complexity index is 1430. The van der Waals surface area contributed by atoms with Crippen LogP contribution in [0.25, 0.3) is 0 Å². The van der Waals surface area contributed by atoms with Crippen LogP contribution in [-0.2, 0) is 9.53 Å². The van der Waals surface area contributed by atoms with Gasteiger partial charge in [0.25, 0.3) is 5.91 Å². The molecule has 5 rings (SSSR count). The molecule has 0 unspecified atom stereocenters. The Labute approximate surface area is 282 Å². The average molecular weight is 668 g/mol. The molecule has 3 heterocycles. The van der Waals surface area contributed by atoms with Gasteiger partial charge in [-0.2, -0.15) is 5.26 Å². The summed E-state index contributed by atoms with van der Waals surface area (Å²) in [6, 6.07) is 6.94. The Hall–Kier alpha value is -3.50. The summed E-state index contributed by atoms with van der Waals surface area (Å²) in [4.78, 5) is 40.8. The smallest absolute Gasteiger partial charge is 0.254 e. The van der Waals surface area contributed by atoms with Crippen molar-refractivity contribution in [3.05, 3.63) is 46.7 Å². The first-order chi connectivity index (χ1) is 22.4. The first-order valence-electron chi connectivity index (χ1n) is 16.4. The molecule has 3 aliphatic rings. The predicted molar refractivity (Wildman–Crippen MR) is 177 cm³/mol. The summed E-state index contributed by atoms with van der Waals surface area (Å²) in [7, 11) is 0. The number of anilines is 1. The van der Waals surface area contributed by atoms with Crippen molar-refractivity contribution in [3.63, 3.8) is 0 Å². The zero-order chi connectivity index (χ0) is 33.8. The molecule has 0 atom stereocenters. The average Bonchev–Trinajstić information content (AvgIpc) is 3.06. The molecule has 2 aromatic rings. The number of hydrogen-bond donors (Lipinski definition) is 2. The highest BCUT2D eigenvalue weighted by atomic mass is 35.5. The number of carbonyl (C=O) groups is 2. The van der Waals surface area contributed by atoms with Gasteiger partial charge < -0.3 is 29.7 Å². The highest BCUT2D eigenvalue weighted by molar-refractivity contribution is 6.31. The molecule has 0 radical (unpaired) electrons. The van der Waals surface area contributed by atoms with E-state index in [1.165, 1.54) is 0 Å². The second-order valence-corrected chi connectivity index (χ2v) is 14.3. The van der Waals surface area contributed by atoms with Gasteiger partial charge in [0.1, 0.15) is 24.5 Å². The summed E-state index contributed by atoms with van der Waals surface area (Å²) in [5.74, 6) is 0.955. The normalized spacial score (nSPS) is 22.7. The maximum absolute atomic E-state index is 13.3. The zero-order valence-electron chi connectivity index (χ0n) is 27.7. The van der Waals surface area contributed by atoms with Crippen molar-refractivity contribution in [1.29, 1.82) is 5.26 Å². The van der Waals surface area contributed by atoms with E-state index in [1.807, 2.05) is 0 Å². The summed E-state index contributed by atoms with van der Waals surface area (Å²) in [5.41, 5.74) is 0.0506. The third kappa shape index (κ3) is 7.97. The second kappa shape index (κ2) is 14.7. The number of carbonyl (C=O) groups excluding carboxylic acids is 2. The summed E-state index contributed by atoms with van der Waals surface area (Å²) in [5, 5.41) is 22.3. The Morgan fingerprint density at radius 3 is 2.34 bits per heavy atom. The minimum Gasteiger partial charge on any atom is -0.489 e. The molecule has 13 heteroatoms. The zero-order valence-corrected chi connectivity index (χ0v) is 28.5. The van der Waals surface area contributed by atoms with Crippen molar-refractivity contribution in [3.8, 4) is 11.8 Å². The predicted octanol–water partition coefficient (Wildman–Crippen LogP) is 3.13. The fraction of sp³-hybridized carbons (Fsp3) is 0.618. The van der Waals surface area contributed by atoms with Crippen LogP contribution in [0.3, 0.4) is 0 Å². The van der Waals surface area contributed by atoms with Crippen LogP contribution in [0.2, 0.25) is 5.02 Å². The van der Waals surface area contributed by atoms with Crippen LogP contribution in [0.1, 0.15) is 62.9 Å². The van der Waals surface area contributed by atoms with E-state index in [9.17, 15) is 14.7 Å². The number of nitriles is 1. The quantitative estimate of drug-likeness (QED) is 0.343. The molecule has 1 aliphatic carbocycles. The lowest BCUT2D eigenvalue weighted by Gasteiger charge is -2.63. The van der Waals surface area contributed by atoms with E-state index in [2.05, 4.69) is 58.8 Å². The van der Waals surface area contributed by atoms with Gasteiger partial charge in [0, 0.05) is 87.8 Å². The Kier molecular flexibility index (Phi) is 10.9. The van der Waals surface area contributed by atoms with Crippen LogP contribution >= 0.6 is 11.6 Å². The Morgan fingerprint density at radius 2 is 1.72 bits per heavy atom. The lowest BCUT2D eigenvalue weighted by atomic mass is 9.49. The van der Waals surface area contributed by atoms with Crippen molar-refractivity contribution in [2.75, 3.05) is 63.9 Å². The van der Waals surface area contributed by atoms with Crippen LogP contribution < -0.4 is 15.0 Å². The van der Waals surface area contributed by atoms with Crippen molar-refractivity contribution in [1.82, 2.24) is 25.1 Å². The number of nitrogens with zero attached hydrogens (tertiary/aromatic N) is 6. The minimum absolute atomic E-state index is 0.00448. The number of piperidine rings is 1. The van der Waals surface area contributed by atoms with Gasteiger partial charge in [-0.1, -0.05) is 39.3 Å². The van der Waals surface area contributed by atoms with Gasteiger partial charge in [-0.05, 0) is 31.4 Å². The fourth-order valence-electron chi connectivity index (χ4n) is 7.34. The molecule has 1 aromatic heterocycles. The van der Waals surface area contributed by atoms with Gasteiger partial charge in [0.2, 0.25) is 11.9 Å². The molecule has 0 bridgehead atoms. The molecule has 2 amide bonds. The molecular formula is C34H46ClN7O5.